The number of Topliss-reactive ketones (excluding diaryl/α,β-unsaturated/α-hetero) is 2. The highest BCUT2D eigenvalue weighted by Crippen LogP contribution is 2.14. The summed E-state index contributed by atoms with van der Waals surface area (Å²) in [5, 5.41) is 25.8. The van der Waals surface area contributed by atoms with Gasteiger partial charge in [-0.1, -0.05) is 113 Å². The summed E-state index contributed by atoms with van der Waals surface area (Å²) < 4.78 is 20.8. The number of alkyl halides is 1. The first-order chi connectivity index (χ1) is 29.0. The lowest BCUT2D eigenvalue weighted by Gasteiger charge is -2.14. The van der Waals surface area contributed by atoms with Gasteiger partial charge in [0.2, 0.25) is 17.7 Å². The number of ketones is 2. The number of unbranched alkanes of at least 4 members (excludes halogenated alkanes) is 14. The molecule has 0 aromatic rings. The van der Waals surface area contributed by atoms with Crippen LogP contribution in [0.3, 0.4) is 0 Å². The zero-order chi connectivity index (χ0) is 44.9. The van der Waals surface area contributed by atoms with Crippen LogP contribution in [0.1, 0.15) is 155 Å². The van der Waals surface area contributed by atoms with Crippen molar-refractivity contribution in [2.24, 2.45) is 0 Å². The fourth-order valence-corrected chi connectivity index (χ4v) is 5.94. The maximum atomic E-state index is 12.1. The van der Waals surface area contributed by atoms with E-state index in [0.717, 1.165) is 51.4 Å². The van der Waals surface area contributed by atoms with Crippen LogP contribution in [0.4, 0.5) is 0 Å². The Balaban J connectivity index is 0. The summed E-state index contributed by atoms with van der Waals surface area (Å²) in [6.07, 6.45) is 19.9. The molecule has 17 heteroatoms. The summed E-state index contributed by atoms with van der Waals surface area (Å²) in [5.74, 6) is -2.19. The van der Waals surface area contributed by atoms with Gasteiger partial charge in [-0.25, -0.2) is 4.79 Å². The van der Waals surface area contributed by atoms with Crippen LogP contribution in [0.25, 0.3) is 0 Å². The van der Waals surface area contributed by atoms with E-state index in [2.05, 4.69) is 16.0 Å². The summed E-state index contributed by atoms with van der Waals surface area (Å²) in [4.78, 5) is 79.5. The summed E-state index contributed by atoms with van der Waals surface area (Å²) in [5.41, 5.74) is 0. The summed E-state index contributed by atoms with van der Waals surface area (Å²) >= 11 is 1.98. The fourth-order valence-electron chi connectivity index (χ4n) is 5.67. The normalized spacial score (nSPS) is 11.2. The van der Waals surface area contributed by atoms with Gasteiger partial charge in [0.25, 0.3) is 0 Å². The first-order valence-electron chi connectivity index (χ1n) is 22.1. The van der Waals surface area contributed by atoms with Gasteiger partial charge in [0.15, 0.2) is 5.78 Å². The van der Waals surface area contributed by atoms with E-state index in [9.17, 15) is 38.7 Å². The number of nitrogens with one attached hydrogen (secondary N) is 3. The van der Waals surface area contributed by atoms with Crippen LogP contribution < -0.4 is 16.0 Å². The first kappa shape index (κ1) is 59.4. The number of rotatable bonds is 43. The Morgan fingerprint density at radius 3 is 1.58 bits per heavy atom. The first-order valence-corrected chi connectivity index (χ1v) is 23.6. The highest BCUT2D eigenvalue weighted by atomic mass is 127. The number of carboxylic acids is 2. The molecule has 0 aliphatic rings. The molecule has 0 rings (SSSR count). The number of carbonyl (C=O) groups is 7. The van der Waals surface area contributed by atoms with Crippen molar-refractivity contribution >= 4 is 63.8 Å². The third-order valence-corrected chi connectivity index (χ3v) is 9.84. The van der Waals surface area contributed by atoms with Crippen molar-refractivity contribution in [3.63, 3.8) is 0 Å². The largest absolute Gasteiger partial charge is 0.481 e. The number of hydrogen-bond acceptors (Lipinski definition) is 11. The standard InChI is InChI=1S/C27H49NO6.C16H29IN2O7/c1-2-3-18-23(29)21-22-24(27(33)34)28-25(30)19-16-14-12-10-8-6-4-5-7-9-11-13-15-17-20-26(31)32;1-23-7-8-26-13-16(22)19-5-6-24-9-10-25-12-14(20)3-2-4-18-15(21)11-17/h24H,2-22H2,1H3,(H,28,30)(H,31,32)(H,33,34);2-13H2,1H3,(H,18,21)(H,19,22)/t24-;/m0./s1. The van der Waals surface area contributed by atoms with Gasteiger partial charge < -0.3 is 45.1 Å². The van der Waals surface area contributed by atoms with Crippen LogP contribution >= 0.6 is 22.6 Å². The Kier molecular flexibility index (Phi) is 45.3. The number of carbonyl (C=O) groups excluding carboxylic acids is 5. The van der Waals surface area contributed by atoms with Crippen LogP contribution in [-0.4, -0.2) is 128 Å². The van der Waals surface area contributed by atoms with E-state index in [1.807, 2.05) is 29.5 Å². The predicted molar refractivity (Wildman–Crippen MR) is 238 cm³/mol. The number of carboxylic acid groups (broad SMARTS) is 2. The second kappa shape index (κ2) is 45.8. The van der Waals surface area contributed by atoms with Crippen molar-refractivity contribution in [3.05, 3.63) is 0 Å². The molecule has 0 spiro atoms. The third-order valence-electron chi connectivity index (χ3n) is 9.14. The number of aliphatic carboxylic acids is 2. The van der Waals surface area contributed by atoms with E-state index in [4.69, 9.17) is 24.1 Å². The van der Waals surface area contributed by atoms with E-state index in [1.54, 1.807) is 7.11 Å². The molecule has 0 heterocycles. The van der Waals surface area contributed by atoms with Crippen LogP contribution in [0.2, 0.25) is 0 Å². The maximum Gasteiger partial charge on any atom is 0.326 e. The van der Waals surface area contributed by atoms with Crippen molar-refractivity contribution < 1.29 is 62.7 Å². The number of amides is 3. The van der Waals surface area contributed by atoms with Crippen LogP contribution in [0, 0.1) is 0 Å². The third kappa shape index (κ3) is 46.3. The van der Waals surface area contributed by atoms with Crippen molar-refractivity contribution in [2.45, 2.75) is 161 Å². The van der Waals surface area contributed by atoms with Crippen LogP contribution in [0.5, 0.6) is 0 Å². The van der Waals surface area contributed by atoms with Crippen molar-refractivity contribution in [3.8, 4) is 0 Å². The van der Waals surface area contributed by atoms with E-state index < -0.39 is 18.0 Å². The van der Waals surface area contributed by atoms with E-state index in [-0.39, 0.29) is 55.3 Å². The Hall–Kier alpha value is -2.74. The van der Waals surface area contributed by atoms with Gasteiger partial charge in [-0.15, -0.1) is 0 Å². The topological polar surface area (TPSA) is 233 Å². The molecule has 16 nitrogen and oxygen atoms in total. The van der Waals surface area contributed by atoms with Crippen molar-refractivity contribution in [1.29, 1.82) is 0 Å². The molecule has 0 aromatic carbocycles. The van der Waals surface area contributed by atoms with Crippen LogP contribution in [-0.2, 0) is 52.5 Å². The molecule has 0 saturated carbocycles. The lowest BCUT2D eigenvalue weighted by Crippen LogP contribution is -2.41. The zero-order valence-corrected chi connectivity index (χ0v) is 38.8. The molecule has 0 aromatic heterocycles. The molecular formula is C43H78IN3O13. The minimum Gasteiger partial charge on any atom is -0.481 e. The van der Waals surface area contributed by atoms with Gasteiger partial charge >= 0.3 is 11.9 Å². The molecule has 60 heavy (non-hydrogen) atoms. The number of ether oxygens (including phenoxy) is 4. The lowest BCUT2D eigenvalue weighted by molar-refractivity contribution is -0.142. The van der Waals surface area contributed by atoms with E-state index in [1.165, 1.54) is 51.4 Å². The van der Waals surface area contributed by atoms with Gasteiger partial charge in [-0.3, -0.25) is 28.8 Å². The molecule has 0 radical (unpaired) electrons. The summed E-state index contributed by atoms with van der Waals surface area (Å²) in [7, 11) is 1.56. The molecule has 350 valence electrons. The second-order valence-electron chi connectivity index (χ2n) is 14.7. The molecule has 0 aliphatic heterocycles. The quantitative estimate of drug-likeness (QED) is 0.0264. The molecule has 1 atom stereocenters. The van der Waals surface area contributed by atoms with Gasteiger partial charge in [0, 0.05) is 52.3 Å². The molecule has 0 saturated heterocycles. The minimum atomic E-state index is -1.08. The van der Waals surface area contributed by atoms with Gasteiger partial charge in [0.1, 0.15) is 25.0 Å². The van der Waals surface area contributed by atoms with Crippen molar-refractivity contribution in [2.75, 3.05) is 70.9 Å². The van der Waals surface area contributed by atoms with Crippen molar-refractivity contribution in [1.82, 2.24) is 16.0 Å². The van der Waals surface area contributed by atoms with Gasteiger partial charge in [-0.05, 0) is 32.1 Å². The SMILES string of the molecule is CCCCC(=O)CC[C@H](NC(=O)CCCCCCCCCCCCCCCCC(=O)O)C(=O)O.COCCOCC(=O)NCCOCCOCC(=O)CCCNC(=O)CI. The zero-order valence-electron chi connectivity index (χ0n) is 36.7. The van der Waals surface area contributed by atoms with Gasteiger partial charge in [0.05, 0.1) is 37.5 Å². The average molecular weight is 972 g/mol. The summed E-state index contributed by atoms with van der Waals surface area (Å²) in [6.45, 7) is 4.78. The number of hydrogen-bond donors (Lipinski definition) is 5. The smallest absolute Gasteiger partial charge is 0.326 e. The minimum absolute atomic E-state index is 0.00364. The molecule has 0 aliphatic carbocycles. The monoisotopic (exact) mass is 971 g/mol. The van der Waals surface area contributed by atoms with Crippen LogP contribution in [0.15, 0.2) is 0 Å². The Morgan fingerprint density at radius 2 is 1.03 bits per heavy atom. The summed E-state index contributed by atoms with van der Waals surface area (Å²) in [6, 6.07) is -0.977. The van der Waals surface area contributed by atoms with Gasteiger partial charge in [-0.2, -0.15) is 0 Å². The highest BCUT2D eigenvalue weighted by molar-refractivity contribution is 14.1. The molecule has 0 fully saturated rings. The molecule has 0 bridgehead atoms. The Labute approximate surface area is 372 Å². The van der Waals surface area contributed by atoms with E-state index in [0.29, 0.717) is 82.7 Å². The molecule has 5 N–H and O–H groups in total. The van der Waals surface area contributed by atoms with E-state index >= 15 is 0 Å². The molecule has 0 unspecified atom stereocenters. The predicted octanol–water partition coefficient (Wildman–Crippen LogP) is 6.12. The maximum absolute atomic E-state index is 12.1. The second-order valence-corrected chi connectivity index (χ2v) is 15.4. The lowest BCUT2D eigenvalue weighted by atomic mass is 10.0. The average Bonchev–Trinajstić information content (AvgIpc) is 3.22. The highest BCUT2D eigenvalue weighted by Gasteiger charge is 2.20. The fraction of sp³-hybridized carbons (Fsp3) is 0.837. The number of halogens is 1. The molecular weight excluding hydrogens is 893 g/mol. The Morgan fingerprint density at radius 1 is 0.517 bits per heavy atom. The molecule has 3 amide bonds. The number of methoxy groups -OCH3 is 1. The Bertz CT molecular complexity index is 1130.